The van der Waals surface area contributed by atoms with Crippen molar-refractivity contribution in [2.24, 2.45) is 5.41 Å². The number of carbonyl (C=O) groups excluding carboxylic acids is 2. The van der Waals surface area contributed by atoms with Crippen molar-refractivity contribution in [3.05, 3.63) is 23.9 Å². The molecule has 1 rings (SSSR count). The topological polar surface area (TPSA) is 68.3 Å². The Morgan fingerprint density at radius 3 is 2.45 bits per heavy atom. The van der Waals surface area contributed by atoms with Gasteiger partial charge in [-0.05, 0) is 37.6 Å². The van der Waals surface area contributed by atoms with E-state index in [9.17, 15) is 9.59 Å². The molecule has 5 nitrogen and oxygen atoms in total. The minimum Gasteiger partial charge on any atom is -0.408 e. The molecule has 0 spiro atoms. The van der Waals surface area contributed by atoms with E-state index in [0.717, 1.165) is 5.69 Å². The van der Waals surface area contributed by atoms with Gasteiger partial charge in [-0.1, -0.05) is 26.8 Å². The summed E-state index contributed by atoms with van der Waals surface area (Å²) in [5.74, 6) is -0.0718. The Morgan fingerprint density at radius 1 is 1.32 bits per heavy atom. The highest BCUT2D eigenvalue weighted by molar-refractivity contribution is 6.48. The number of anilines is 1. The average Bonchev–Trinajstić information content (AvgIpc) is 2.33. The van der Waals surface area contributed by atoms with E-state index in [1.54, 1.807) is 6.07 Å². The van der Waals surface area contributed by atoms with Crippen molar-refractivity contribution in [3.8, 4) is 0 Å². The van der Waals surface area contributed by atoms with Crippen LogP contribution in [0.4, 0.5) is 5.82 Å². The van der Waals surface area contributed by atoms with Gasteiger partial charge < -0.3 is 9.74 Å². The molecule has 1 amide bonds. The second-order valence-electron chi connectivity index (χ2n) is 6.65. The number of hydrogen-bond acceptors (Lipinski definition) is 4. The van der Waals surface area contributed by atoms with Gasteiger partial charge in [0, 0.05) is 0 Å². The second kappa shape index (κ2) is 7.65. The molecular formula is C16H25N2O3Si. The summed E-state index contributed by atoms with van der Waals surface area (Å²) in [4.78, 5) is 27.1. The molecule has 0 saturated carbocycles. The van der Waals surface area contributed by atoms with Gasteiger partial charge in [0.25, 0.3) is 0 Å². The van der Waals surface area contributed by atoms with E-state index in [-0.39, 0.29) is 29.6 Å². The lowest BCUT2D eigenvalue weighted by Crippen LogP contribution is -2.27. The highest BCUT2D eigenvalue weighted by Crippen LogP contribution is 2.36. The quantitative estimate of drug-likeness (QED) is 0.644. The summed E-state index contributed by atoms with van der Waals surface area (Å²) in [5.41, 5.74) is 0.691. The van der Waals surface area contributed by atoms with E-state index in [0.29, 0.717) is 5.82 Å². The number of rotatable bonds is 6. The lowest BCUT2D eigenvalue weighted by molar-refractivity contribution is -0.124. The van der Waals surface area contributed by atoms with Gasteiger partial charge in [-0.2, -0.15) is 0 Å². The molecule has 1 unspecified atom stereocenters. The molecule has 0 aromatic carbocycles. The fourth-order valence-corrected chi connectivity index (χ4v) is 2.94. The zero-order valence-corrected chi connectivity index (χ0v) is 15.2. The van der Waals surface area contributed by atoms with Crippen LogP contribution in [0, 0.1) is 5.41 Å². The largest absolute Gasteiger partial charge is 0.408 e. The fourth-order valence-electron chi connectivity index (χ4n) is 2.00. The number of carbonyl (C=O) groups is 2. The monoisotopic (exact) mass is 321 g/mol. The predicted octanol–water partition coefficient (Wildman–Crippen LogP) is 3.35. The second-order valence-corrected chi connectivity index (χ2v) is 8.70. The van der Waals surface area contributed by atoms with Crippen LogP contribution in [0.1, 0.15) is 45.9 Å². The highest BCUT2D eigenvalue weighted by Gasteiger charge is 2.29. The molecule has 6 heteroatoms. The van der Waals surface area contributed by atoms with Crippen LogP contribution < -0.4 is 5.32 Å². The minimum absolute atomic E-state index is 0.100. The molecule has 1 N–H and O–H groups in total. The van der Waals surface area contributed by atoms with Gasteiger partial charge in [-0.25, -0.2) is 4.98 Å². The van der Waals surface area contributed by atoms with Gasteiger partial charge in [0.2, 0.25) is 14.9 Å². The Hall–Kier alpha value is -1.53. The van der Waals surface area contributed by atoms with Crippen LogP contribution in [-0.2, 0) is 14.0 Å². The van der Waals surface area contributed by atoms with Crippen LogP contribution in [0.5, 0.6) is 0 Å². The average molecular weight is 321 g/mol. The lowest BCUT2D eigenvalue weighted by atomic mass is 9.87. The number of ketones is 1. The Balaban J connectivity index is 2.97. The number of Topliss-reactive ketones (excluding diaryl/α,β-unsaturated/α-hetero) is 1. The molecule has 22 heavy (non-hydrogen) atoms. The fraction of sp³-hybridized carbons (Fsp3) is 0.562. The molecule has 1 atom stereocenters. The number of aromatic nitrogens is 1. The van der Waals surface area contributed by atoms with Gasteiger partial charge in [0.05, 0.1) is 18.2 Å². The van der Waals surface area contributed by atoms with Crippen molar-refractivity contribution in [1.82, 2.24) is 4.98 Å². The number of hydrogen-bond donors (Lipinski definition) is 1. The predicted molar refractivity (Wildman–Crippen MR) is 88.9 cm³/mol. The van der Waals surface area contributed by atoms with Crippen LogP contribution in [0.25, 0.3) is 0 Å². The molecule has 0 aliphatic carbocycles. The minimum atomic E-state index is -0.886. The van der Waals surface area contributed by atoms with E-state index in [4.69, 9.17) is 4.43 Å². The lowest BCUT2D eigenvalue weighted by Gasteiger charge is -2.32. The van der Waals surface area contributed by atoms with Crippen LogP contribution in [0.15, 0.2) is 18.2 Å². The molecule has 1 heterocycles. The Labute approximate surface area is 134 Å². The Bertz CT molecular complexity index is 538. The number of amides is 1. The number of nitrogens with one attached hydrogen (secondary N) is 1. The van der Waals surface area contributed by atoms with Crippen LogP contribution in [0.3, 0.4) is 0 Å². The van der Waals surface area contributed by atoms with Gasteiger partial charge in [-0.15, -0.1) is 0 Å². The molecule has 121 valence electrons. The van der Waals surface area contributed by atoms with E-state index in [1.807, 2.05) is 12.1 Å². The van der Waals surface area contributed by atoms with E-state index in [1.165, 1.54) is 6.92 Å². The third-order valence-electron chi connectivity index (χ3n) is 2.86. The van der Waals surface area contributed by atoms with Crippen molar-refractivity contribution < 1.29 is 14.0 Å². The van der Waals surface area contributed by atoms with E-state index >= 15 is 0 Å². The van der Waals surface area contributed by atoms with Crippen molar-refractivity contribution in [2.45, 2.75) is 53.3 Å². The Kier molecular flexibility index (Phi) is 6.43. The zero-order chi connectivity index (χ0) is 16.9. The third-order valence-corrected chi connectivity index (χ3v) is 3.56. The molecule has 1 aromatic heterocycles. The summed E-state index contributed by atoms with van der Waals surface area (Å²) in [6.45, 7) is 11.9. The molecular weight excluding hydrogens is 296 g/mol. The molecule has 1 aromatic rings. The van der Waals surface area contributed by atoms with Crippen LogP contribution in [-0.4, -0.2) is 25.7 Å². The van der Waals surface area contributed by atoms with Crippen LogP contribution in [0.2, 0.25) is 13.1 Å². The van der Waals surface area contributed by atoms with Gasteiger partial charge >= 0.3 is 0 Å². The van der Waals surface area contributed by atoms with Crippen LogP contribution >= 0.6 is 0 Å². The molecule has 0 saturated heterocycles. The smallest absolute Gasteiger partial charge is 0.232 e. The van der Waals surface area contributed by atoms with Crippen molar-refractivity contribution in [3.63, 3.8) is 0 Å². The maximum Gasteiger partial charge on any atom is 0.232 e. The summed E-state index contributed by atoms with van der Waals surface area (Å²) >= 11 is 0. The molecule has 0 fully saturated rings. The number of nitrogens with zero attached hydrogens (tertiary/aromatic N) is 1. The van der Waals surface area contributed by atoms with Crippen molar-refractivity contribution in [1.29, 1.82) is 0 Å². The SMILES string of the molecule is CC(=O)CC(=O)Nc1cccc(C(O[Si](C)C)C(C)(C)C)n1. The first-order chi connectivity index (χ1) is 10.1. The normalized spacial score (nSPS) is 13.0. The summed E-state index contributed by atoms with van der Waals surface area (Å²) in [6, 6.07) is 5.46. The summed E-state index contributed by atoms with van der Waals surface area (Å²) in [7, 11) is -0.886. The van der Waals surface area contributed by atoms with E-state index in [2.05, 4.69) is 44.2 Å². The molecule has 0 bridgehead atoms. The summed E-state index contributed by atoms with van der Waals surface area (Å²) in [5, 5.41) is 2.66. The first-order valence-corrected chi connectivity index (χ1v) is 9.73. The molecule has 1 radical (unpaired) electrons. The standard InChI is InChI=1S/C16H25N2O3Si/c1-11(19)10-14(20)18-13-9-7-8-12(17-13)15(16(2,3)4)21-22(5)6/h7-9,15H,10H2,1-6H3,(H,17,18,20). The van der Waals surface area contributed by atoms with Crippen molar-refractivity contribution in [2.75, 3.05) is 5.32 Å². The van der Waals surface area contributed by atoms with Gasteiger partial charge in [-0.3, -0.25) is 9.59 Å². The maximum atomic E-state index is 11.7. The van der Waals surface area contributed by atoms with Gasteiger partial charge in [0.1, 0.15) is 11.6 Å². The summed E-state index contributed by atoms with van der Waals surface area (Å²) in [6.07, 6.45) is -0.275. The molecule has 0 aliphatic heterocycles. The third kappa shape index (κ3) is 6.07. The Morgan fingerprint density at radius 2 is 1.95 bits per heavy atom. The van der Waals surface area contributed by atoms with Gasteiger partial charge in [0.15, 0.2) is 0 Å². The summed E-state index contributed by atoms with van der Waals surface area (Å²) < 4.78 is 6.10. The number of pyridine rings is 1. The first-order valence-electron chi connectivity index (χ1n) is 7.32. The van der Waals surface area contributed by atoms with E-state index < -0.39 is 9.04 Å². The van der Waals surface area contributed by atoms with Crippen molar-refractivity contribution >= 4 is 26.5 Å². The maximum absolute atomic E-state index is 11.7. The molecule has 0 aliphatic rings. The zero-order valence-electron chi connectivity index (χ0n) is 14.2. The first kappa shape index (κ1) is 18.5. The highest BCUT2D eigenvalue weighted by atomic mass is 28.3.